The number of carbonyl (C=O) groups is 3. The number of H-pyrrole nitrogens is 1. The van der Waals surface area contributed by atoms with Crippen LogP contribution in [0.3, 0.4) is 0 Å². The Bertz CT molecular complexity index is 1770. The number of benzene rings is 3. The van der Waals surface area contributed by atoms with Crippen LogP contribution in [0.1, 0.15) is 59.3 Å². The minimum atomic E-state index is -0.635. The van der Waals surface area contributed by atoms with Gasteiger partial charge < -0.3 is 19.1 Å². The number of piperidine rings is 2. The quantitative estimate of drug-likeness (QED) is 0.250. The van der Waals surface area contributed by atoms with Crippen LogP contribution in [0.4, 0.5) is 0 Å². The van der Waals surface area contributed by atoms with E-state index in [0.717, 1.165) is 53.5 Å². The van der Waals surface area contributed by atoms with Gasteiger partial charge in [-0.05, 0) is 61.2 Å². The van der Waals surface area contributed by atoms with Crippen LogP contribution in [-0.4, -0.2) is 70.1 Å². The molecule has 0 saturated carbocycles. The van der Waals surface area contributed by atoms with Gasteiger partial charge in [0.05, 0.1) is 18.3 Å². The number of aromatic nitrogens is 2. The van der Waals surface area contributed by atoms with Gasteiger partial charge in [-0.1, -0.05) is 36.8 Å². The van der Waals surface area contributed by atoms with Crippen molar-refractivity contribution in [3.05, 3.63) is 83.0 Å². The second-order valence-electron chi connectivity index (χ2n) is 12.1. The van der Waals surface area contributed by atoms with Gasteiger partial charge in [0.1, 0.15) is 25.0 Å². The normalized spacial score (nSPS) is 20.1. The van der Waals surface area contributed by atoms with E-state index in [9.17, 15) is 14.4 Å². The van der Waals surface area contributed by atoms with Gasteiger partial charge in [-0.25, -0.2) is 0 Å². The summed E-state index contributed by atoms with van der Waals surface area (Å²) in [5.41, 5.74) is 4.32. The van der Waals surface area contributed by atoms with E-state index >= 15 is 0 Å². The standard InChI is InChI=1S/C35H37N5O6/c1-44-31-17-28-27(16-32(31)46-20-22-7-3-2-4-8-22)29(38-37-28)19-39-14-6-5-9-24(39)21-45-25-10-11-26-23(15-25)18-40(35(26)43)30-12-13-33(41)36-34(30)42/h2-4,7-8,10-11,15-17,24,30H,5-6,9,12-14,18-21H2,1H3,(H,37,38)(H,36,41,42)/t24-,30?/m1/s1. The average molecular weight is 624 g/mol. The Morgan fingerprint density at radius 2 is 1.83 bits per heavy atom. The zero-order chi connectivity index (χ0) is 31.6. The van der Waals surface area contributed by atoms with Gasteiger partial charge in [-0.15, -0.1) is 0 Å². The molecule has 3 aliphatic rings. The number of imide groups is 1. The molecule has 1 unspecified atom stereocenters. The molecule has 2 fully saturated rings. The topological polar surface area (TPSA) is 126 Å². The lowest BCUT2D eigenvalue weighted by molar-refractivity contribution is -0.136. The molecule has 3 aliphatic heterocycles. The Balaban J connectivity index is 1.02. The summed E-state index contributed by atoms with van der Waals surface area (Å²) in [6.45, 7) is 2.90. The predicted octanol–water partition coefficient (Wildman–Crippen LogP) is 4.35. The van der Waals surface area contributed by atoms with Gasteiger partial charge in [0.15, 0.2) is 11.5 Å². The molecular weight excluding hydrogens is 586 g/mol. The molecule has 0 radical (unpaired) electrons. The van der Waals surface area contributed by atoms with Crippen LogP contribution in [0.15, 0.2) is 60.7 Å². The summed E-state index contributed by atoms with van der Waals surface area (Å²) in [5.74, 6) is 1.12. The van der Waals surface area contributed by atoms with Crippen LogP contribution in [0.25, 0.3) is 10.9 Å². The van der Waals surface area contributed by atoms with Crippen molar-refractivity contribution in [1.82, 2.24) is 25.3 Å². The first-order valence-corrected chi connectivity index (χ1v) is 15.8. The van der Waals surface area contributed by atoms with E-state index in [1.807, 2.05) is 54.6 Å². The van der Waals surface area contributed by atoms with Crippen LogP contribution in [-0.2, 0) is 29.3 Å². The average Bonchev–Trinajstić information content (AvgIpc) is 3.62. The Morgan fingerprint density at radius 3 is 2.65 bits per heavy atom. The Morgan fingerprint density at radius 1 is 0.957 bits per heavy atom. The first kappa shape index (κ1) is 29.8. The fourth-order valence-corrected chi connectivity index (χ4v) is 6.69. The summed E-state index contributed by atoms with van der Waals surface area (Å²) >= 11 is 0. The van der Waals surface area contributed by atoms with E-state index in [1.165, 1.54) is 0 Å². The highest BCUT2D eigenvalue weighted by atomic mass is 16.5. The van der Waals surface area contributed by atoms with Crippen LogP contribution in [0.2, 0.25) is 0 Å². The third kappa shape index (κ3) is 6.02. The van der Waals surface area contributed by atoms with Crippen LogP contribution >= 0.6 is 0 Å². The van der Waals surface area contributed by atoms with Gasteiger partial charge in [-0.2, -0.15) is 5.10 Å². The van der Waals surface area contributed by atoms with Crippen molar-refractivity contribution in [2.75, 3.05) is 20.3 Å². The summed E-state index contributed by atoms with van der Waals surface area (Å²) in [5, 5.41) is 11.2. The summed E-state index contributed by atoms with van der Waals surface area (Å²) in [4.78, 5) is 41.1. The van der Waals surface area contributed by atoms with Crippen molar-refractivity contribution in [3.8, 4) is 17.2 Å². The van der Waals surface area contributed by atoms with E-state index in [-0.39, 0.29) is 24.3 Å². The number of carbonyl (C=O) groups excluding carboxylic acids is 3. The van der Waals surface area contributed by atoms with E-state index < -0.39 is 11.9 Å². The van der Waals surface area contributed by atoms with E-state index in [0.29, 0.717) is 55.5 Å². The molecule has 11 heteroatoms. The Kier molecular flexibility index (Phi) is 8.32. The second kappa shape index (κ2) is 12.8. The highest BCUT2D eigenvalue weighted by Gasteiger charge is 2.39. The van der Waals surface area contributed by atoms with Gasteiger partial charge in [0, 0.05) is 42.6 Å². The molecule has 1 aromatic heterocycles. The number of fused-ring (bicyclic) bond motifs is 2. The molecule has 3 amide bonds. The molecular formula is C35H37N5O6. The predicted molar refractivity (Wildman–Crippen MR) is 169 cm³/mol. The van der Waals surface area contributed by atoms with Crippen molar-refractivity contribution < 1.29 is 28.6 Å². The van der Waals surface area contributed by atoms with Crippen LogP contribution in [0.5, 0.6) is 17.2 Å². The van der Waals surface area contributed by atoms with Crippen molar-refractivity contribution in [1.29, 1.82) is 0 Å². The number of ether oxygens (including phenoxy) is 3. The number of nitrogens with zero attached hydrogens (tertiary/aromatic N) is 3. The number of aromatic amines is 1. The van der Waals surface area contributed by atoms with Crippen molar-refractivity contribution >= 4 is 28.6 Å². The molecule has 0 bridgehead atoms. The minimum Gasteiger partial charge on any atom is -0.493 e. The highest BCUT2D eigenvalue weighted by Crippen LogP contribution is 2.35. The number of methoxy groups -OCH3 is 1. The van der Waals surface area contributed by atoms with Crippen molar-refractivity contribution in [3.63, 3.8) is 0 Å². The molecule has 2 N–H and O–H groups in total. The molecule has 7 rings (SSSR count). The highest BCUT2D eigenvalue weighted by molar-refractivity contribution is 6.05. The van der Waals surface area contributed by atoms with Gasteiger partial charge in [0.2, 0.25) is 11.8 Å². The zero-order valence-electron chi connectivity index (χ0n) is 25.8. The van der Waals surface area contributed by atoms with E-state index in [2.05, 4.69) is 20.4 Å². The first-order valence-electron chi connectivity index (χ1n) is 15.8. The number of hydrogen-bond acceptors (Lipinski definition) is 8. The molecule has 238 valence electrons. The summed E-state index contributed by atoms with van der Waals surface area (Å²) in [6.07, 6.45) is 3.82. The summed E-state index contributed by atoms with van der Waals surface area (Å²) in [6, 6.07) is 19.0. The fraction of sp³-hybridized carbons (Fsp3) is 0.371. The molecule has 3 aromatic carbocycles. The monoisotopic (exact) mass is 623 g/mol. The smallest absolute Gasteiger partial charge is 0.255 e. The maximum atomic E-state index is 13.1. The third-order valence-electron chi connectivity index (χ3n) is 9.20. The Hall–Kier alpha value is -4.90. The molecule has 0 spiro atoms. The third-order valence-corrected chi connectivity index (χ3v) is 9.20. The molecule has 2 atom stereocenters. The maximum Gasteiger partial charge on any atom is 0.255 e. The lowest BCUT2D eigenvalue weighted by Crippen LogP contribution is -2.52. The second-order valence-corrected chi connectivity index (χ2v) is 12.1. The number of rotatable bonds is 10. The van der Waals surface area contributed by atoms with Crippen LogP contribution in [0, 0.1) is 0 Å². The fourth-order valence-electron chi connectivity index (χ4n) is 6.69. The van der Waals surface area contributed by atoms with Crippen LogP contribution < -0.4 is 19.5 Å². The first-order chi connectivity index (χ1) is 22.5. The number of likely N-dealkylation sites (tertiary alicyclic amines) is 1. The minimum absolute atomic E-state index is 0.187. The molecule has 4 aromatic rings. The number of amides is 3. The van der Waals surface area contributed by atoms with E-state index in [4.69, 9.17) is 14.2 Å². The lowest BCUT2D eigenvalue weighted by Gasteiger charge is -2.35. The van der Waals surface area contributed by atoms with Crippen molar-refractivity contribution in [2.24, 2.45) is 0 Å². The van der Waals surface area contributed by atoms with Gasteiger partial charge in [-0.3, -0.25) is 29.7 Å². The molecule has 2 saturated heterocycles. The lowest BCUT2D eigenvalue weighted by atomic mass is 10.0. The largest absolute Gasteiger partial charge is 0.493 e. The maximum absolute atomic E-state index is 13.1. The van der Waals surface area contributed by atoms with Gasteiger partial charge >= 0.3 is 0 Å². The summed E-state index contributed by atoms with van der Waals surface area (Å²) < 4.78 is 18.1. The molecule has 46 heavy (non-hydrogen) atoms. The SMILES string of the molecule is COc1cc2n[nH]c(CN3CCCC[C@@H]3COc3ccc4c(c3)CN(C3CCC(=O)NC3=O)C4=O)c2cc1OCc1ccccc1. The van der Waals surface area contributed by atoms with E-state index in [1.54, 1.807) is 18.1 Å². The molecule has 0 aliphatic carbocycles. The molecule has 4 heterocycles. The van der Waals surface area contributed by atoms with Gasteiger partial charge in [0.25, 0.3) is 5.91 Å². The summed E-state index contributed by atoms with van der Waals surface area (Å²) in [7, 11) is 1.63. The zero-order valence-corrected chi connectivity index (χ0v) is 25.8. The number of hydrogen-bond donors (Lipinski definition) is 2. The Labute approximate surface area is 266 Å². The number of nitrogens with one attached hydrogen (secondary N) is 2. The van der Waals surface area contributed by atoms with Crippen molar-refractivity contribution in [2.45, 2.75) is 63.9 Å². The molecule has 11 nitrogen and oxygen atoms in total.